The lowest BCUT2D eigenvalue weighted by Gasteiger charge is -2.17. The molecule has 0 fully saturated rings. The lowest BCUT2D eigenvalue weighted by atomic mass is 9.99. The zero-order chi connectivity index (χ0) is 24.9. The third-order valence-corrected chi connectivity index (χ3v) is 7.13. The molecule has 3 aromatic carbocycles. The lowest BCUT2D eigenvalue weighted by molar-refractivity contribution is -0.115. The van der Waals surface area contributed by atoms with Gasteiger partial charge in [0.15, 0.2) is 0 Å². The molecule has 0 saturated heterocycles. The zero-order valence-corrected chi connectivity index (χ0v) is 21.4. The van der Waals surface area contributed by atoms with Crippen molar-refractivity contribution < 1.29 is 4.79 Å². The van der Waals surface area contributed by atoms with Crippen molar-refractivity contribution >= 4 is 46.6 Å². The number of benzene rings is 3. The summed E-state index contributed by atoms with van der Waals surface area (Å²) in [6.45, 7) is 3.74. The van der Waals surface area contributed by atoms with Gasteiger partial charge in [-0.25, -0.2) is 4.98 Å². The van der Waals surface area contributed by atoms with Crippen LogP contribution in [0.4, 0.5) is 5.69 Å². The Hall–Kier alpha value is -3.30. The van der Waals surface area contributed by atoms with E-state index in [9.17, 15) is 10.1 Å². The van der Waals surface area contributed by atoms with Gasteiger partial charge in [0.25, 0.3) is 0 Å². The highest BCUT2D eigenvalue weighted by Crippen LogP contribution is 2.38. The van der Waals surface area contributed by atoms with E-state index < -0.39 is 5.25 Å². The SMILES string of the molecule is Cc1ccccc1NC(=O)[C@H](C)Sc1nc(-c2ccc(Cl)cc2)cc(-c2ccccc2Cl)c1C#N. The minimum Gasteiger partial charge on any atom is -0.325 e. The molecule has 0 aliphatic rings. The highest BCUT2D eigenvalue weighted by Gasteiger charge is 2.22. The number of anilines is 1. The van der Waals surface area contributed by atoms with E-state index in [2.05, 4.69) is 11.4 Å². The predicted molar refractivity (Wildman–Crippen MR) is 145 cm³/mol. The van der Waals surface area contributed by atoms with Gasteiger partial charge in [-0.1, -0.05) is 83.5 Å². The van der Waals surface area contributed by atoms with Crippen molar-refractivity contribution in [1.29, 1.82) is 5.26 Å². The third kappa shape index (κ3) is 5.68. The number of amides is 1. The van der Waals surface area contributed by atoms with Crippen molar-refractivity contribution in [1.82, 2.24) is 4.98 Å². The van der Waals surface area contributed by atoms with Crippen molar-refractivity contribution in [3.05, 3.63) is 100 Å². The molecule has 4 rings (SSSR count). The van der Waals surface area contributed by atoms with Crippen LogP contribution in [0.2, 0.25) is 10.0 Å². The third-order valence-electron chi connectivity index (χ3n) is 5.46. The van der Waals surface area contributed by atoms with Gasteiger partial charge in [-0.15, -0.1) is 0 Å². The number of aromatic nitrogens is 1. The number of rotatable bonds is 6. The maximum atomic E-state index is 13.0. The van der Waals surface area contributed by atoms with E-state index in [1.807, 2.05) is 67.6 Å². The second-order valence-electron chi connectivity index (χ2n) is 7.90. The van der Waals surface area contributed by atoms with Gasteiger partial charge < -0.3 is 5.32 Å². The van der Waals surface area contributed by atoms with Crippen LogP contribution in [0.5, 0.6) is 0 Å². The molecule has 0 aliphatic heterocycles. The monoisotopic (exact) mass is 517 g/mol. The second-order valence-corrected chi connectivity index (χ2v) is 10.1. The lowest BCUT2D eigenvalue weighted by Crippen LogP contribution is -2.23. The Labute approximate surface area is 218 Å². The Morgan fingerprint density at radius 1 is 1.00 bits per heavy atom. The van der Waals surface area contributed by atoms with Crippen LogP contribution < -0.4 is 5.32 Å². The number of nitrogens with zero attached hydrogens (tertiary/aromatic N) is 2. The number of carbonyl (C=O) groups excluding carboxylic acids is 1. The average Bonchev–Trinajstić information content (AvgIpc) is 2.85. The first-order chi connectivity index (χ1) is 16.9. The van der Waals surface area contributed by atoms with Crippen LogP contribution in [0.3, 0.4) is 0 Å². The number of para-hydroxylation sites is 1. The molecule has 4 aromatic rings. The number of carbonyl (C=O) groups is 1. The Morgan fingerprint density at radius 3 is 2.37 bits per heavy atom. The maximum absolute atomic E-state index is 13.0. The summed E-state index contributed by atoms with van der Waals surface area (Å²) >= 11 is 13.8. The molecule has 0 radical (unpaired) electrons. The molecule has 0 bridgehead atoms. The summed E-state index contributed by atoms with van der Waals surface area (Å²) in [4.78, 5) is 17.8. The molecule has 4 nitrogen and oxygen atoms in total. The zero-order valence-electron chi connectivity index (χ0n) is 19.0. The molecule has 174 valence electrons. The highest BCUT2D eigenvalue weighted by atomic mass is 35.5. The molecule has 1 N–H and O–H groups in total. The van der Waals surface area contributed by atoms with Gasteiger partial charge in [-0.05, 0) is 49.7 Å². The molecule has 35 heavy (non-hydrogen) atoms. The van der Waals surface area contributed by atoms with Gasteiger partial charge in [0, 0.05) is 32.4 Å². The topological polar surface area (TPSA) is 65.8 Å². The quantitative estimate of drug-likeness (QED) is 0.263. The van der Waals surface area contributed by atoms with Crippen LogP contribution in [0.15, 0.2) is 83.9 Å². The number of hydrogen-bond donors (Lipinski definition) is 1. The Bertz CT molecular complexity index is 1430. The first-order valence-electron chi connectivity index (χ1n) is 10.9. The van der Waals surface area contributed by atoms with Crippen LogP contribution in [-0.4, -0.2) is 16.1 Å². The maximum Gasteiger partial charge on any atom is 0.237 e. The number of halogens is 2. The van der Waals surface area contributed by atoms with E-state index in [1.165, 1.54) is 11.8 Å². The molecule has 1 amide bonds. The van der Waals surface area contributed by atoms with E-state index in [-0.39, 0.29) is 5.91 Å². The van der Waals surface area contributed by atoms with E-state index in [1.54, 1.807) is 25.1 Å². The highest BCUT2D eigenvalue weighted by molar-refractivity contribution is 8.00. The molecule has 0 saturated carbocycles. The molecule has 0 aliphatic carbocycles. The first-order valence-corrected chi connectivity index (χ1v) is 12.5. The number of pyridine rings is 1. The smallest absolute Gasteiger partial charge is 0.237 e. The minimum absolute atomic E-state index is 0.175. The normalized spacial score (nSPS) is 11.5. The van der Waals surface area contributed by atoms with Crippen molar-refractivity contribution in [3.8, 4) is 28.5 Å². The second kappa shape index (κ2) is 11.0. The first kappa shape index (κ1) is 24.8. The largest absolute Gasteiger partial charge is 0.325 e. The van der Waals surface area contributed by atoms with E-state index >= 15 is 0 Å². The van der Waals surface area contributed by atoms with Crippen LogP contribution in [-0.2, 0) is 4.79 Å². The number of thioether (sulfide) groups is 1. The van der Waals surface area contributed by atoms with Gasteiger partial charge in [0.2, 0.25) is 5.91 Å². The fourth-order valence-corrected chi connectivity index (χ4v) is 4.83. The van der Waals surface area contributed by atoms with Crippen LogP contribution in [0, 0.1) is 18.3 Å². The summed E-state index contributed by atoms with van der Waals surface area (Å²) in [6, 6.07) is 26.4. The minimum atomic E-state index is -0.506. The molecule has 1 aromatic heterocycles. The molecule has 0 unspecified atom stereocenters. The number of hydrogen-bond acceptors (Lipinski definition) is 4. The predicted octanol–water partition coefficient (Wildman–Crippen LogP) is 8.02. The summed E-state index contributed by atoms with van der Waals surface area (Å²) in [5.74, 6) is -0.175. The summed E-state index contributed by atoms with van der Waals surface area (Å²) < 4.78 is 0. The number of nitrogens with one attached hydrogen (secondary N) is 1. The summed E-state index contributed by atoms with van der Waals surface area (Å²) in [5, 5.41) is 14.2. The van der Waals surface area contributed by atoms with Gasteiger partial charge in [0.1, 0.15) is 11.1 Å². The standard InChI is InChI=1S/C28H21Cl2N3OS/c1-17-7-3-6-10-25(17)32-27(34)18(2)35-28-23(16-31)22(21-8-4-5-9-24(21)30)15-26(33-28)19-11-13-20(29)14-12-19/h3-15,18H,1-2H3,(H,32,34)/t18-/m0/s1. The molecule has 0 spiro atoms. The molecular weight excluding hydrogens is 497 g/mol. The fraction of sp³-hybridized carbons (Fsp3) is 0.107. The Balaban J connectivity index is 1.77. The summed E-state index contributed by atoms with van der Waals surface area (Å²) in [6.07, 6.45) is 0. The van der Waals surface area contributed by atoms with Gasteiger partial charge in [-0.3, -0.25) is 4.79 Å². The fourth-order valence-electron chi connectivity index (χ4n) is 3.54. The summed E-state index contributed by atoms with van der Waals surface area (Å²) in [5.41, 5.74) is 4.98. The van der Waals surface area contributed by atoms with Gasteiger partial charge in [0.05, 0.1) is 16.5 Å². The van der Waals surface area contributed by atoms with Crippen molar-refractivity contribution in [3.63, 3.8) is 0 Å². The van der Waals surface area contributed by atoms with Crippen molar-refractivity contribution in [2.24, 2.45) is 0 Å². The van der Waals surface area contributed by atoms with E-state index in [4.69, 9.17) is 28.2 Å². The van der Waals surface area contributed by atoms with E-state index in [0.717, 1.165) is 22.4 Å². The van der Waals surface area contributed by atoms with Gasteiger partial charge >= 0.3 is 0 Å². The van der Waals surface area contributed by atoms with Crippen LogP contribution >= 0.6 is 35.0 Å². The molecule has 1 atom stereocenters. The van der Waals surface area contributed by atoms with Crippen molar-refractivity contribution in [2.45, 2.75) is 24.1 Å². The molecular formula is C28H21Cl2N3OS. The van der Waals surface area contributed by atoms with Crippen LogP contribution in [0.25, 0.3) is 22.4 Å². The molecule has 7 heteroatoms. The van der Waals surface area contributed by atoms with Crippen LogP contribution in [0.1, 0.15) is 18.1 Å². The van der Waals surface area contributed by atoms with E-state index in [0.29, 0.717) is 31.9 Å². The summed E-state index contributed by atoms with van der Waals surface area (Å²) in [7, 11) is 0. The number of nitriles is 1. The number of aryl methyl sites for hydroxylation is 1. The van der Waals surface area contributed by atoms with Gasteiger partial charge in [-0.2, -0.15) is 5.26 Å². The Morgan fingerprint density at radius 2 is 1.69 bits per heavy atom. The Kier molecular flexibility index (Phi) is 7.77. The molecule has 1 heterocycles. The average molecular weight is 518 g/mol. The van der Waals surface area contributed by atoms with Crippen molar-refractivity contribution in [2.75, 3.05) is 5.32 Å².